The third-order valence-corrected chi connectivity index (χ3v) is 5.26. The maximum Gasteiger partial charge on any atom is 0.308 e. The van der Waals surface area contributed by atoms with Gasteiger partial charge in [0.2, 0.25) is 5.91 Å². The first-order chi connectivity index (χ1) is 12.5. The fraction of sp³-hybridized carbons (Fsp3) is 0.263. The summed E-state index contributed by atoms with van der Waals surface area (Å²) in [7, 11) is 1.54. The average Bonchev–Trinajstić information content (AvgIpc) is 2.64. The van der Waals surface area contributed by atoms with E-state index in [1.165, 1.54) is 11.8 Å². The van der Waals surface area contributed by atoms with Crippen LogP contribution in [0.1, 0.15) is 5.56 Å². The van der Waals surface area contributed by atoms with Gasteiger partial charge in [0.15, 0.2) is 0 Å². The molecule has 0 aliphatic carbocycles. The standard InChI is InChI=1S/C19H20ClNO4S/c1-25-16-8-4-2-6-13(16)10-14(19(23)24)11-21-18(22)12-26-17-9-5-3-7-15(17)20/h2-9,14H,10-12H2,1H3,(H,21,22)(H,23,24). The van der Waals surface area contributed by atoms with Crippen LogP contribution in [0, 0.1) is 5.92 Å². The number of carbonyl (C=O) groups excluding carboxylic acids is 1. The molecule has 2 aromatic rings. The van der Waals surface area contributed by atoms with Crippen LogP contribution in [0.5, 0.6) is 5.75 Å². The molecule has 26 heavy (non-hydrogen) atoms. The van der Waals surface area contributed by atoms with Crippen molar-refractivity contribution in [1.29, 1.82) is 0 Å². The predicted octanol–water partition coefficient (Wildman–Crippen LogP) is 3.50. The van der Waals surface area contributed by atoms with Gasteiger partial charge in [0.05, 0.1) is 23.8 Å². The fourth-order valence-electron chi connectivity index (χ4n) is 2.38. The van der Waals surface area contributed by atoms with Gasteiger partial charge in [0.25, 0.3) is 0 Å². The van der Waals surface area contributed by atoms with E-state index < -0.39 is 11.9 Å². The number of benzene rings is 2. The van der Waals surface area contributed by atoms with E-state index in [0.717, 1.165) is 10.5 Å². The summed E-state index contributed by atoms with van der Waals surface area (Å²) in [5.41, 5.74) is 0.794. The van der Waals surface area contributed by atoms with Crippen LogP contribution in [0.3, 0.4) is 0 Å². The van der Waals surface area contributed by atoms with Gasteiger partial charge in [-0.2, -0.15) is 0 Å². The number of halogens is 1. The van der Waals surface area contributed by atoms with Crippen LogP contribution in [0.4, 0.5) is 0 Å². The van der Waals surface area contributed by atoms with Gasteiger partial charge < -0.3 is 15.2 Å². The number of rotatable bonds is 9. The molecule has 0 aliphatic rings. The molecular weight excluding hydrogens is 374 g/mol. The summed E-state index contributed by atoms with van der Waals surface area (Å²) in [6.45, 7) is 0.0509. The number of amides is 1. The summed E-state index contributed by atoms with van der Waals surface area (Å²) in [5.74, 6) is -1.12. The molecule has 0 aromatic heterocycles. The molecular formula is C19H20ClNO4S. The van der Waals surface area contributed by atoms with Crippen LogP contribution < -0.4 is 10.1 Å². The van der Waals surface area contributed by atoms with Crippen molar-refractivity contribution < 1.29 is 19.4 Å². The first-order valence-corrected chi connectivity index (χ1v) is 9.36. The molecule has 0 spiro atoms. The number of para-hydroxylation sites is 1. The molecule has 0 aliphatic heterocycles. The van der Waals surface area contributed by atoms with Crippen LogP contribution in [-0.2, 0) is 16.0 Å². The smallest absolute Gasteiger partial charge is 0.308 e. The maximum atomic E-state index is 12.0. The molecule has 2 rings (SSSR count). The number of carbonyl (C=O) groups is 2. The van der Waals surface area contributed by atoms with Gasteiger partial charge in [0, 0.05) is 11.4 Å². The molecule has 138 valence electrons. The lowest BCUT2D eigenvalue weighted by Gasteiger charge is -2.15. The summed E-state index contributed by atoms with van der Waals surface area (Å²) < 4.78 is 5.25. The average molecular weight is 394 g/mol. The highest BCUT2D eigenvalue weighted by atomic mass is 35.5. The SMILES string of the molecule is COc1ccccc1CC(CNC(=O)CSc1ccccc1Cl)C(=O)O. The zero-order valence-corrected chi connectivity index (χ0v) is 15.8. The number of thioether (sulfide) groups is 1. The van der Waals surface area contributed by atoms with E-state index in [0.29, 0.717) is 10.8 Å². The Hall–Kier alpha value is -2.18. The third kappa shape index (κ3) is 5.97. The monoisotopic (exact) mass is 393 g/mol. The van der Waals surface area contributed by atoms with Gasteiger partial charge in [-0.1, -0.05) is 41.9 Å². The van der Waals surface area contributed by atoms with Crippen molar-refractivity contribution in [2.24, 2.45) is 5.92 Å². The van der Waals surface area contributed by atoms with Gasteiger partial charge in [-0.15, -0.1) is 11.8 Å². The minimum atomic E-state index is -0.963. The number of methoxy groups -OCH3 is 1. The highest BCUT2D eigenvalue weighted by Crippen LogP contribution is 2.26. The largest absolute Gasteiger partial charge is 0.496 e. The molecule has 7 heteroatoms. The molecule has 0 saturated heterocycles. The van der Waals surface area contributed by atoms with Gasteiger partial charge in [0.1, 0.15) is 5.75 Å². The number of carboxylic acids is 1. The molecule has 5 nitrogen and oxygen atoms in total. The molecule has 0 bridgehead atoms. The van der Waals surface area contributed by atoms with Gasteiger partial charge in [-0.3, -0.25) is 9.59 Å². The first kappa shape index (κ1) is 20.1. The molecule has 0 radical (unpaired) electrons. The van der Waals surface area contributed by atoms with Gasteiger partial charge in [-0.05, 0) is 30.2 Å². The molecule has 0 heterocycles. The van der Waals surface area contributed by atoms with Crippen LogP contribution >= 0.6 is 23.4 Å². The second kappa shape index (κ2) is 10.1. The Morgan fingerprint density at radius 2 is 1.88 bits per heavy atom. The zero-order chi connectivity index (χ0) is 18.9. The number of hydrogen-bond donors (Lipinski definition) is 2. The second-order valence-corrected chi connectivity index (χ2v) is 7.00. The Balaban J connectivity index is 1.89. The maximum absolute atomic E-state index is 12.0. The number of ether oxygens (including phenoxy) is 1. The van der Waals surface area contributed by atoms with E-state index >= 15 is 0 Å². The third-order valence-electron chi connectivity index (χ3n) is 3.75. The van der Waals surface area contributed by atoms with Crippen molar-refractivity contribution in [1.82, 2.24) is 5.32 Å². The molecule has 2 aromatic carbocycles. The predicted molar refractivity (Wildman–Crippen MR) is 103 cm³/mol. The lowest BCUT2D eigenvalue weighted by atomic mass is 9.98. The minimum absolute atomic E-state index is 0.0509. The Morgan fingerprint density at radius 3 is 2.58 bits per heavy atom. The van der Waals surface area contributed by atoms with E-state index in [2.05, 4.69) is 5.32 Å². The fourth-order valence-corrected chi connectivity index (χ4v) is 3.45. The highest BCUT2D eigenvalue weighted by Gasteiger charge is 2.20. The molecule has 0 fully saturated rings. The first-order valence-electron chi connectivity index (χ1n) is 8.00. The molecule has 1 atom stereocenters. The summed E-state index contributed by atoms with van der Waals surface area (Å²) in [5, 5.41) is 12.7. The number of carboxylic acid groups (broad SMARTS) is 1. The minimum Gasteiger partial charge on any atom is -0.496 e. The van der Waals surface area contributed by atoms with Crippen molar-refractivity contribution in [2.75, 3.05) is 19.4 Å². The van der Waals surface area contributed by atoms with Crippen molar-refractivity contribution in [3.63, 3.8) is 0 Å². The van der Waals surface area contributed by atoms with E-state index in [9.17, 15) is 14.7 Å². The van der Waals surface area contributed by atoms with Crippen LogP contribution in [0.25, 0.3) is 0 Å². The molecule has 1 unspecified atom stereocenters. The quantitative estimate of drug-likeness (QED) is 0.638. The van der Waals surface area contributed by atoms with Crippen molar-refractivity contribution in [2.45, 2.75) is 11.3 Å². The lowest BCUT2D eigenvalue weighted by molar-refractivity contribution is -0.141. The Morgan fingerprint density at radius 1 is 1.19 bits per heavy atom. The normalized spacial score (nSPS) is 11.6. The Kier molecular flexibility index (Phi) is 7.81. The number of nitrogens with one attached hydrogen (secondary N) is 1. The highest BCUT2D eigenvalue weighted by molar-refractivity contribution is 8.00. The van der Waals surface area contributed by atoms with Gasteiger partial charge >= 0.3 is 5.97 Å². The van der Waals surface area contributed by atoms with E-state index in [1.54, 1.807) is 19.2 Å². The van der Waals surface area contributed by atoms with E-state index in [-0.39, 0.29) is 24.6 Å². The zero-order valence-electron chi connectivity index (χ0n) is 14.3. The summed E-state index contributed by atoms with van der Waals surface area (Å²) in [6.07, 6.45) is 0.275. The second-order valence-electron chi connectivity index (χ2n) is 5.57. The molecule has 2 N–H and O–H groups in total. The van der Waals surface area contributed by atoms with Crippen LogP contribution in [0.15, 0.2) is 53.4 Å². The van der Waals surface area contributed by atoms with Crippen molar-refractivity contribution in [3.05, 3.63) is 59.1 Å². The topological polar surface area (TPSA) is 75.6 Å². The number of hydrogen-bond acceptors (Lipinski definition) is 4. The lowest BCUT2D eigenvalue weighted by Crippen LogP contribution is -2.35. The van der Waals surface area contributed by atoms with Crippen LogP contribution in [-0.4, -0.2) is 36.4 Å². The summed E-state index contributed by atoms with van der Waals surface area (Å²) in [4.78, 5) is 24.4. The van der Waals surface area contributed by atoms with Crippen molar-refractivity contribution >= 4 is 35.2 Å². The number of aliphatic carboxylic acids is 1. The molecule has 0 saturated carbocycles. The summed E-state index contributed by atoms with van der Waals surface area (Å²) >= 11 is 7.37. The van der Waals surface area contributed by atoms with E-state index in [4.69, 9.17) is 16.3 Å². The van der Waals surface area contributed by atoms with Gasteiger partial charge in [-0.25, -0.2) is 0 Å². The van der Waals surface area contributed by atoms with Crippen molar-refractivity contribution in [3.8, 4) is 5.75 Å². The Bertz CT molecular complexity index is 769. The van der Waals surface area contributed by atoms with E-state index in [1.807, 2.05) is 36.4 Å². The molecule has 1 amide bonds. The van der Waals surface area contributed by atoms with Crippen LogP contribution in [0.2, 0.25) is 5.02 Å². The Labute approximate surface area is 161 Å². The summed E-state index contributed by atoms with van der Waals surface area (Å²) in [6, 6.07) is 14.5.